The molecule has 33 heavy (non-hydrogen) atoms. The number of hydrogen-bond acceptors (Lipinski definition) is 6. The third-order valence-corrected chi connectivity index (χ3v) is 7.06. The minimum Gasteiger partial charge on any atom is -0.370 e. The van der Waals surface area contributed by atoms with E-state index in [1.165, 1.54) is 4.90 Å². The highest BCUT2D eigenvalue weighted by Crippen LogP contribution is 2.18. The standard InChI is InChI=1S/C20H37N7O5S/c21-20(22)23-11-6-9-16(14-28)24-18(29)13-27-12-5-4-10-17(19(27)30)26-33(31,32)25-15-7-2-1-3-8-15/h14-17,25-26H,1-13H2,(H,24,29)(H4,21,22,23). The molecule has 0 bridgehead atoms. The Labute approximate surface area is 195 Å². The maximum absolute atomic E-state index is 13.0. The van der Waals surface area contributed by atoms with E-state index in [9.17, 15) is 22.8 Å². The summed E-state index contributed by atoms with van der Waals surface area (Å²) in [6, 6.07) is -1.77. The lowest BCUT2D eigenvalue weighted by atomic mass is 9.96. The van der Waals surface area contributed by atoms with Crippen LogP contribution in [0.1, 0.15) is 64.2 Å². The van der Waals surface area contributed by atoms with E-state index in [-0.39, 0.29) is 18.5 Å². The highest BCUT2D eigenvalue weighted by Gasteiger charge is 2.32. The number of nitrogens with two attached hydrogens (primary N) is 2. The predicted molar refractivity (Wildman–Crippen MR) is 124 cm³/mol. The van der Waals surface area contributed by atoms with E-state index in [1.54, 1.807) is 0 Å². The van der Waals surface area contributed by atoms with Gasteiger partial charge in [-0.3, -0.25) is 14.6 Å². The molecule has 0 radical (unpaired) electrons. The van der Waals surface area contributed by atoms with Crippen LogP contribution in [0.25, 0.3) is 0 Å². The molecule has 0 spiro atoms. The van der Waals surface area contributed by atoms with Gasteiger partial charge in [-0.05, 0) is 44.9 Å². The number of nitrogens with zero attached hydrogens (tertiary/aromatic N) is 2. The first-order chi connectivity index (χ1) is 15.7. The lowest BCUT2D eigenvalue weighted by Crippen LogP contribution is -2.54. The van der Waals surface area contributed by atoms with Crippen LogP contribution < -0.4 is 26.2 Å². The van der Waals surface area contributed by atoms with Crippen molar-refractivity contribution in [2.24, 2.45) is 16.5 Å². The van der Waals surface area contributed by atoms with Gasteiger partial charge in [0.25, 0.3) is 10.2 Å². The first-order valence-electron chi connectivity index (χ1n) is 11.6. The lowest BCUT2D eigenvalue weighted by Gasteiger charge is -2.27. The summed E-state index contributed by atoms with van der Waals surface area (Å²) >= 11 is 0. The van der Waals surface area contributed by atoms with E-state index in [4.69, 9.17) is 11.5 Å². The Morgan fingerprint density at radius 2 is 1.82 bits per heavy atom. The summed E-state index contributed by atoms with van der Waals surface area (Å²) in [5.41, 5.74) is 10.5. The van der Waals surface area contributed by atoms with Gasteiger partial charge >= 0.3 is 0 Å². The Bertz CT molecular complexity index is 795. The predicted octanol–water partition coefficient (Wildman–Crippen LogP) is -1.14. The van der Waals surface area contributed by atoms with E-state index < -0.39 is 34.1 Å². The molecule has 1 saturated heterocycles. The number of nitrogens with one attached hydrogen (secondary N) is 3. The molecule has 2 rings (SSSR count). The van der Waals surface area contributed by atoms with Crippen LogP contribution >= 0.6 is 0 Å². The second-order valence-corrected chi connectivity index (χ2v) is 10.1. The zero-order valence-electron chi connectivity index (χ0n) is 19.0. The maximum Gasteiger partial charge on any atom is 0.277 e. The first kappa shape index (κ1) is 27.0. The second-order valence-electron chi connectivity index (χ2n) is 8.64. The normalized spacial score (nSPS) is 21.2. The molecule has 0 aromatic carbocycles. The summed E-state index contributed by atoms with van der Waals surface area (Å²) in [7, 11) is -3.85. The number of amides is 2. The van der Waals surface area contributed by atoms with Crippen molar-refractivity contribution in [2.45, 2.75) is 82.3 Å². The summed E-state index contributed by atoms with van der Waals surface area (Å²) in [5.74, 6) is -0.960. The van der Waals surface area contributed by atoms with Gasteiger partial charge in [-0.1, -0.05) is 19.3 Å². The lowest BCUT2D eigenvalue weighted by molar-refractivity contribution is -0.137. The number of carbonyl (C=O) groups excluding carboxylic acids is 3. The van der Waals surface area contributed by atoms with Crippen molar-refractivity contribution in [3.05, 3.63) is 0 Å². The Balaban J connectivity index is 1.88. The average Bonchev–Trinajstić information content (AvgIpc) is 2.92. The van der Waals surface area contributed by atoms with E-state index in [0.29, 0.717) is 51.5 Å². The Kier molecular flexibility index (Phi) is 11.0. The number of rotatable bonds is 12. The summed E-state index contributed by atoms with van der Waals surface area (Å²) in [5, 5.41) is 2.60. The summed E-state index contributed by atoms with van der Waals surface area (Å²) < 4.78 is 30.3. The van der Waals surface area contributed by atoms with Gasteiger partial charge in [-0.2, -0.15) is 17.9 Å². The zero-order valence-corrected chi connectivity index (χ0v) is 19.8. The van der Waals surface area contributed by atoms with Crippen LogP contribution in [0.2, 0.25) is 0 Å². The molecule has 1 aliphatic heterocycles. The molecule has 13 heteroatoms. The maximum atomic E-state index is 13.0. The number of likely N-dealkylation sites (tertiary alicyclic amines) is 1. The van der Waals surface area contributed by atoms with Crippen molar-refractivity contribution >= 4 is 34.3 Å². The molecular formula is C20H37N7O5S. The van der Waals surface area contributed by atoms with Gasteiger partial charge in [0.1, 0.15) is 12.3 Å². The molecule has 12 nitrogen and oxygen atoms in total. The van der Waals surface area contributed by atoms with Crippen LogP contribution in [-0.4, -0.2) is 75.1 Å². The number of hydrogen-bond donors (Lipinski definition) is 5. The van der Waals surface area contributed by atoms with Crippen LogP contribution in [0.5, 0.6) is 0 Å². The van der Waals surface area contributed by atoms with Gasteiger partial charge in [-0.15, -0.1) is 0 Å². The zero-order chi connectivity index (χ0) is 24.3. The van der Waals surface area contributed by atoms with Crippen molar-refractivity contribution in [1.29, 1.82) is 0 Å². The van der Waals surface area contributed by atoms with Crippen molar-refractivity contribution in [3.8, 4) is 0 Å². The van der Waals surface area contributed by atoms with E-state index in [1.807, 2.05) is 0 Å². The molecule has 1 aliphatic carbocycles. The fourth-order valence-electron chi connectivity index (χ4n) is 4.15. The van der Waals surface area contributed by atoms with Crippen molar-refractivity contribution in [1.82, 2.24) is 19.7 Å². The van der Waals surface area contributed by atoms with E-state index >= 15 is 0 Å². The van der Waals surface area contributed by atoms with Crippen molar-refractivity contribution in [3.63, 3.8) is 0 Å². The van der Waals surface area contributed by atoms with Gasteiger partial charge in [0.15, 0.2) is 5.96 Å². The molecule has 188 valence electrons. The molecule has 0 aromatic rings. The highest BCUT2D eigenvalue weighted by atomic mass is 32.2. The molecule has 2 aliphatic rings. The first-order valence-corrected chi connectivity index (χ1v) is 13.1. The SMILES string of the molecule is NC(N)=NCCCC(C=O)NC(=O)CN1CCCCC(NS(=O)(=O)NC2CCCCC2)C1=O. The Hall–Kier alpha value is -2.25. The molecule has 1 saturated carbocycles. The fraction of sp³-hybridized carbons (Fsp3) is 0.800. The smallest absolute Gasteiger partial charge is 0.277 e. The third-order valence-electron chi connectivity index (χ3n) is 5.82. The van der Waals surface area contributed by atoms with Crippen LogP contribution in [-0.2, 0) is 24.6 Å². The summed E-state index contributed by atoms with van der Waals surface area (Å²) in [6.45, 7) is 0.437. The molecule has 2 atom stereocenters. The third kappa shape index (κ3) is 10.0. The summed E-state index contributed by atoms with van der Waals surface area (Å²) in [4.78, 5) is 41.9. The fourth-order valence-corrected chi connectivity index (χ4v) is 5.49. The van der Waals surface area contributed by atoms with Crippen LogP contribution in [0.4, 0.5) is 0 Å². The molecule has 1 heterocycles. The van der Waals surface area contributed by atoms with Gasteiger partial charge in [0.05, 0.1) is 12.6 Å². The number of guanidine groups is 1. The Morgan fingerprint density at radius 3 is 2.48 bits per heavy atom. The highest BCUT2D eigenvalue weighted by molar-refractivity contribution is 7.87. The minimum atomic E-state index is -3.85. The topological polar surface area (TPSA) is 189 Å². The van der Waals surface area contributed by atoms with E-state index in [2.05, 4.69) is 19.8 Å². The molecule has 0 aromatic heterocycles. The van der Waals surface area contributed by atoms with E-state index in [0.717, 1.165) is 32.1 Å². The van der Waals surface area contributed by atoms with Crippen LogP contribution in [0, 0.1) is 0 Å². The molecule has 2 fully saturated rings. The number of carbonyl (C=O) groups is 3. The van der Waals surface area contributed by atoms with Crippen LogP contribution in [0.3, 0.4) is 0 Å². The van der Waals surface area contributed by atoms with Crippen molar-refractivity contribution in [2.75, 3.05) is 19.6 Å². The molecule has 7 N–H and O–H groups in total. The molecule has 2 unspecified atom stereocenters. The van der Waals surface area contributed by atoms with Gasteiger partial charge in [0.2, 0.25) is 11.8 Å². The summed E-state index contributed by atoms with van der Waals surface area (Å²) in [6.07, 6.45) is 7.80. The number of aliphatic imine (C=N–C) groups is 1. The van der Waals surface area contributed by atoms with Gasteiger partial charge < -0.3 is 26.5 Å². The van der Waals surface area contributed by atoms with Gasteiger partial charge in [-0.25, -0.2) is 0 Å². The van der Waals surface area contributed by atoms with Crippen LogP contribution in [0.15, 0.2) is 4.99 Å². The average molecular weight is 488 g/mol. The second kappa shape index (κ2) is 13.5. The largest absolute Gasteiger partial charge is 0.370 e. The minimum absolute atomic E-state index is 0.0412. The monoisotopic (exact) mass is 487 g/mol. The Morgan fingerprint density at radius 1 is 1.12 bits per heavy atom. The van der Waals surface area contributed by atoms with Gasteiger partial charge in [0, 0.05) is 19.1 Å². The number of aldehydes is 1. The molecular weight excluding hydrogens is 450 g/mol. The quantitative estimate of drug-likeness (QED) is 0.0995. The van der Waals surface area contributed by atoms with Crippen molar-refractivity contribution < 1.29 is 22.8 Å². The molecule has 2 amide bonds.